The third kappa shape index (κ3) is 5.95. The van der Waals surface area contributed by atoms with Crippen LogP contribution < -0.4 is 5.32 Å². The average Bonchev–Trinajstić information content (AvgIpc) is 2.45. The Morgan fingerprint density at radius 2 is 1.81 bits per heavy atom. The molecule has 1 aromatic carbocycles. The van der Waals surface area contributed by atoms with Crippen molar-refractivity contribution >= 4 is 29.3 Å². The summed E-state index contributed by atoms with van der Waals surface area (Å²) in [6.45, 7) is 3.73. The van der Waals surface area contributed by atoms with Gasteiger partial charge in [0, 0.05) is 23.6 Å². The molecule has 0 radical (unpaired) electrons. The van der Waals surface area contributed by atoms with E-state index in [0.29, 0.717) is 17.1 Å². The van der Waals surface area contributed by atoms with Gasteiger partial charge in [-0.05, 0) is 38.1 Å². The highest BCUT2D eigenvalue weighted by Gasteiger charge is 2.17. The van der Waals surface area contributed by atoms with Gasteiger partial charge in [-0.25, -0.2) is 0 Å². The molecule has 0 unspecified atom stereocenters. The zero-order chi connectivity index (χ0) is 15.8. The Labute approximate surface area is 128 Å². The second-order valence-electron chi connectivity index (χ2n) is 4.46. The van der Waals surface area contributed by atoms with Gasteiger partial charge in [0.2, 0.25) is 0 Å². The summed E-state index contributed by atoms with van der Waals surface area (Å²) < 4.78 is 4.95. The molecule has 0 saturated carbocycles. The van der Waals surface area contributed by atoms with Crippen molar-refractivity contribution in [3.63, 3.8) is 0 Å². The molecule has 0 aliphatic rings. The van der Waals surface area contributed by atoms with Gasteiger partial charge in [0.15, 0.2) is 11.9 Å². The first-order valence-electron chi connectivity index (χ1n) is 6.70. The fraction of sp³-hybridized carbons (Fsp3) is 0.400. The molecule has 6 heteroatoms. The number of rotatable bonds is 7. The van der Waals surface area contributed by atoms with Crippen LogP contribution in [0.15, 0.2) is 24.3 Å². The maximum Gasteiger partial charge on any atom is 0.307 e. The number of halogens is 1. The molecule has 0 aliphatic carbocycles. The highest BCUT2D eigenvalue weighted by molar-refractivity contribution is 6.30. The van der Waals surface area contributed by atoms with Crippen LogP contribution in [0.4, 0.5) is 0 Å². The molecule has 0 heterocycles. The molecule has 0 bridgehead atoms. The second-order valence-corrected chi connectivity index (χ2v) is 4.89. The molecular formula is C15H18ClNO4. The molecule has 1 amide bonds. The van der Waals surface area contributed by atoms with E-state index in [1.165, 1.54) is 6.92 Å². The summed E-state index contributed by atoms with van der Waals surface area (Å²) in [6, 6.07) is 6.44. The Morgan fingerprint density at radius 3 is 2.38 bits per heavy atom. The maximum absolute atomic E-state index is 11.9. The van der Waals surface area contributed by atoms with Gasteiger partial charge in [0.05, 0.1) is 6.42 Å². The van der Waals surface area contributed by atoms with Gasteiger partial charge in [-0.2, -0.15) is 0 Å². The van der Waals surface area contributed by atoms with E-state index in [1.807, 2.05) is 0 Å². The molecule has 114 valence electrons. The van der Waals surface area contributed by atoms with Crippen LogP contribution >= 0.6 is 11.6 Å². The van der Waals surface area contributed by atoms with Crippen molar-refractivity contribution in [3.8, 4) is 0 Å². The van der Waals surface area contributed by atoms with E-state index in [4.69, 9.17) is 16.3 Å². The number of esters is 1. The molecule has 0 spiro atoms. The number of amides is 1. The normalized spacial score (nSPS) is 11.6. The minimum absolute atomic E-state index is 0.0303. The van der Waals surface area contributed by atoms with Crippen molar-refractivity contribution in [1.29, 1.82) is 0 Å². The fourth-order valence-electron chi connectivity index (χ4n) is 1.62. The number of hydrogen-bond acceptors (Lipinski definition) is 4. The van der Waals surface area contributed by atoms with Gasteiger partial charge in [0.1, 0.15) is 0 Å². The van der Waals surface area contributed by atoms with E-state index in [-0.39, 0.29) is 24.5 Å². The van der Waals surface area contributed by atoms with E-state index >= 15 is 0 Å². The third-order valence-electron chi connectivity index (χ3n) is 2.75. The minimum atomic E-state index is -0.858. The molecule has 1 N–H and O–H groups in total. The van der Waals surface area contributed by atoms with Crippen LogP contribution in [0.2, 0.25) is 5.02 Å². The summed E-state index contributed by atoms with van der Waals surface area (Å²) in [5, 5.41) is 3.09. The van der Waals surface area contributed by atoms with Crippen LogP contribution in [0, 0.1) is 0 Å². The van der Waals surface area contributed by atoms with E-state index in [0.717, 1.165) is 0 Å². The predicted octanol–water partition coefficient (Wildman–Crippen LogP) is 2.37. The Balaban J connectivity index is 2.40. The van der Waals surface area contributed by atoms with E-state index in [9.17, 15) is 14.4 Å². The number of likely N-dealkylation sites (N-methyl/N-ethyl adjacent to an activating group) is 1. The smallest absolute Gasteiger partial charge is 0.307 e. The lowest BCUT2D eigenvalue weighted by Gasteiger charge is -2.12. The third-order valence-corrected chi connectivity index (χ3v) is 3.00. The van der Waals surface area contributed by atoms with Crippen molar-refractivity contribution in [3.05, 3.63) is 34.9 Å². The molecule has 0 aromatic heterocycles. The first-order chi connectivity index (χ1) is 9.93. The molecule has 0 aliphatic heterocycles. The first-order valence-corrected chi connectivity index (χ1v) is 7.07. The van der Waals surface area contributed by atoms with Crippen molar-refractivity contribution in [1.82, 2.24) is 5.32 Å². The van der Waals surface area contributed by atoms with Gasteiger partial charge >= 0.3 is 5.97 Å². The van der Waals surface area contributed by atoms with E-state index in [1.54, 1.807) is 31.2 Å². The highest BCUT2D eigenvalue weighted by atomic mass is 35.5. The van der Waals surface area contributed by atoms with Crippen LogP contribution in [0.3, 0.4) is 0 Å². The summed E-state index contributed by atoms with van der Waals surface area (Å²) >= 11 is 5.73. The summed E-state index contributed by atoms with van der Waals surface area (Å²) in [6.07, 6.45) is -0.892. The van der Waals surface area contributed by atoms with Gasteiger partial charge in [-0.3, -0.25) is 14.4 Å². The van der Waals surface area contributed by atoms with E-state index in [2.05, 4.69) is 5.32 Å². The van der Waals surface area contributed by atoms with Crippen LogP contribution in [-0.4, -0.2) is 30.3 Å². The summed E-state index contributed by atoms with van der Waals surface area (Å²) in [4.78, 5) is 34.8. The van der Waals surface area contributed by atoms with Crippen molar-refractivity contribution in [2.24, 2.45) is 0 Å². The van der Waals surface area contributed by atoms with Crippen LogP contribution in [0.5, 0.6) is 0 Å². The van der Waals surface area contributed by atoms with Gasteiger partial charge < -0.3 is 10.1 Å². The lowest BCUT2D eigenvalue weighted by molar-refractivity contribution is -0.154. The van der Waals surface area contributed by atoms with Crippen molar-refractivity contribution in [2.45, 2.75) is 32.8 Å². The summed E-state index contributed by atoms with van der Waals surface area (Å²) in [7, 11) is 0. The molecule has 5 nitrogen and oxygen atoms in total. The SMILES string of the molecule is CCNC(=O)[C@H](C)OC(=O)CCC(=O)c1ccc(Cl)cc1. The number of ether oxygens (including phenoxy) is 1. The lowest BCUT2D eigenvalue weighted by Crippen LogP contribution is -2.35. The monoisotopic (exact) mass is 311 g/mol. The summed E-state index contributed by atoms with van der Waals surface area (Å²) in [5.41, 5.74) is 0.490. The van der Waals surface area contributed by atoms with Crippen molar-refractivity contribution in [2.75, 3.05) is 6.54 Å². The molecular weight excluding hydrogens is 294 g/mol. The minimum Gasteiger partial charge on any atom is -0.453 e. The largest absolute Gasteiger partial charge is 0.453 e. The molecule has 1 atom stereocenters. The Bertz CT molecular complexity index is 513. The predicted molar refractivity (Wildman–Crippen MR) is 79.3 cm³/mol. The molecule has 21 heavy (non-hydrogen) atoms. The number of Topliss-reactive ketones (excluding diaryl/α,β-unsaturated/α-hetero) is 1. The fourth-order valence-corrected chi connectivity index (χ4v) is 1.75. The zero-order valence-corrected chi connectivity index (χ0v) is 12.8. The number of carbonyl (C=O) groups is 3. The Hall–Kier alpha value is -1.88. The van der Waals surface area contributed by atoms with Gasteiger partial charge in [-0.1, -0.05) is 11.6 Å². The molecule has 0 fully saturated rings. The second kappa shape index (κ2) is 8.42. The highest BCUT2D eigenvalue weighted by Crippen LogP contribution is 2.12. The average molecular weight is 312 g/mol. The topological polar surface area (TPSA) is 72.5 Å². The van der Waals surface area contributed by atoms with Gasteiger partial charge in [0.25, 0.3) is 5.91 Å². The molecule has 0 saturated heterocycles. The Morgan fingerprint density at radius 1 is 1.19 bits per heavy atom. The van der Waals surface area contributed by atoms with E-state index < -0.39 is 12.1 Å². The Kier molecular flexibility index (Phi) is 6.88. The first kappa shape index (κ1) is 17.2. The number of benzene rings is 1. The molecule has 1 rings (SSSR count). The van der Waals surface area contributed by atoms with Crippen LogP contribution in [0.1, 0.15) is 37.0 Å². The number of hydrogen-bond donors (Lipinski definition) is 1. The number of nitrogens with one attached hydrogen (secondary N) is 1. The zero-order valence-electron chi connectivity index (χ0n) is 12.0. The maximum atomic E-state index is 11.9. The van der Waals surface area contributed by atoms with Crippen LogP contribution in [0.25, 0.3) is 0 Å². The van der Waals surface area contributed by atoms with Crippen molar-refractivity contribution < 1.29 is 19.1 Å². The number of carbonyl (C=O) groups excluding carboxylic acids is 3. The lowest BCUT2D eigenvalue weighted by atomic mass is 10.1. The summed E-state index contributed by atoms with van der Waals surface area (Å²) in [5.74, 6) is -1.10. The molecule has 1 aromatic rings. The number of ketones is 1. The standard InChI is InChI=1S/C15H18ClNO4/c1-3-17-15(20)10(2)21-14(19)9-8-13(18)11-4-6-12(16)7-5-11/h4-7,10H,3,8-9H2,1-2H3,(H,17,20)/t10-/m0/s1. The van der Waals surface area contributed by atoms with Crippen LogP contribution in [-0.2, 0) is 14.3 Å². The quantitative estimate of drug-likeness (QED) is 0.620. The van der Waals surface area contributed by atoms with Gasteiger partial charge in [-0.15, -0.1) is 0 Å².